The molecule has 1 aliphatic heterocycles. The Hall–Kier alpha value is -1.62. The Labute approximate surface area is 126 Å². The standard InChI is InChI=1S/C16H25N3O2/c1-12(2)18-15-7-6-14(9-17-15)16(20)19-8-4-5-13(10-19)11-21-3/h6-7,9,12-13H,4-5,8,10-11H2,1-3H3,(H,17,18). The Morgan fingerprint density at radius 2 is 2.33 bits per heavy atom. The van der Waals surface area contributed by atoms with E-state index in [2.05, 4.69) is 24.1 Å². The Balaban J connectivity index is 1.98. The summed E-state index contributed by atoms with van der Waals surface area (Å²) in [6.07, 6.45) is 3.83. The maximum atomic E-state index is 12.5. The molecule has 2 rings (SSSR count). The fourth-order valence-corrected chi connectivity index (χ4v) is 2.71. The molecule has 1 aliphatic rings. The maximum absolute atomic E-state index is 12.5. The third kappa shape index (κ3) is 4.43. The van der Waals surface area contributed by atoms with E-state index in [9.17, 15) is 4.79 Å². The topological polar surface area (TPSA) is 54.5 Å². The van der Waals surface area contributed by atoms with Crippen LogP contribution in [0.25, 0.3) is 0 Å². The van der Waals surface area contributed by atoms with Gasteiger partial charge in [-0.05, 0) is 44.7 Å². The molecule has 1 atom stereocenters. The smallest absolute Gasteiger partial charge is 0.255 e. The van der Waals surface area contributed by atoms with E-state index in [0.29, 0.717) is 17.5 Å². The van der Waals surface area contributed by atoms with Crippen molar-refractivity contribution in [3.63, 3.8) is 0 Å². The normalized spacial score (nSPS) is 18.9. The second kappa shape index (κ2) is 7.41. The Morgan fingerprint density at radius 1 is 1.52 bits per heavy atom. The summed E-state index contributed by atoms with van der Waals surface area (Å²) >= 11 is 0. The summed E-state index contributed by atoms with van der Waals surface area (Å²) in [5.41, 5.74) is 0.655. The van der Waals surface area contributed by atoms with Crippen LogP contribution in [0.5, 0.6) is 0 Å². The van der Waals surface area contributed by atoms with Crippen LogP contribution in [-0.2, 0) is 4.74 Å². The maximum Gasteiger partial charge on any atom is 0.255 e. The number of piperidine rings is 1. The van der Waals surface area contributed by atoms with Gasteiger partial charge in [0, 0.05) is 32.4 Å². The lowest BCUT2D eigenvalue weighted by atomic mass is 9.98. The molecule has 0 aliphatic carbocycles. The van der Waals surface area contributed by atoms with Gasteiger partial charge >= 0.3 is 0 Å². The van der Waals surface area contributed by atoms with E-state index in [1.807, 2.05) is 17.0 Å². The van der Waals surface area contributed by atoms with E-state index in [1.54, 1.807) is 13.3 Å². The van der Waals surface area contributed by atoms with Crippen LogP contribution >= 0.6 is 0 Å². The van der Waals surface area contributed by atoms with Crippen molar-refractivity contribution in [3.05, 3.63) is 23.9 Å². The lowest BCUT2D eigenvalue weighted by molar-refractivity contribution is 0.0570. The lowest BCUT2D eigenvalue weighted by Gasteiger charge is -2.32. The van der Waals surface area contributed by atoms with Crippen LogP contribution in [0.4, 0.5) is 5.82 Å². The number of carbonyl (C=O) groups excluding carboxylic acids is 1. The van der Waals surface area contributed by atoms with Crippen molar-refractivity contribution in [3.8, 4) is 0 Å². The molecule has 1 fully saturated rings. The molecule has 1 unspecified atom stereocenters. The molecule has 1 saturated heterocycles. The zero-order valence-electron chi connectivity index (χ0n) is 13.1. The number of pyridine rings is 1. The van der Waals surface area contributed by atoms with Gasteiger partial charge in [-0.15, -0.1) is 0 Å². The molecule has 21 heavy (non-hydrogen) atoms. The van der Waals surface area contributed by atoms with Crippen LogP contribution in [-0.4, -0.2) is 48.6 Å². The first-order valence-electron chi connectivity index (χ1n) is 7.61. The monoisotopic (exact) mass is 291 g/mol. The van der Waals surface area contributed by atoms with E-state index in [1.165, 1.54) is 0 Å². The molecule has 5 nitrogen and oxygen atoms in total. The van der Waals surface area contributed by atoms with E-state index < -0.39 is 0 Å². The number of rotatable bonds is 5. The van der Waals surface area contributed by atoms with Crippen LogP contribution in [0.15, 0.2) is 18.3 Å². The number of amides is 1. The third-order valence-electron chi connectivity index (χ3n) is 3.66. The first-order valence-corrected chi connectivity index (χ1v) is 7.61. The Bertz CT molecular complexity index is 457. The average molecular weight is 291 g/mol. The summed E-state index contributed by atoms with van der Waals surface area (Å²) < 4.78 is 5.21. The second-order valence-electron chi connectivity index (χ2n) is 5.95. The molecule has 0 aromatic carbocycles. The van der Waals surface area contributed by atoms with Gasteiger partial charge < -0.3 is 15.0 Å². The summed E-state index contributed by atoms with van der Waals surface area (Å²) in [6, 6.07) is 4.04. The zero-order valence-corrected chi connectivity index (χ0v) is 13.1. The highest BCUT2D eigenvalue weighted by Gasteiger charge is 2.24. The van der Waals surface area contributed by atoms with Gasteiger partial charge in [0.15, 0.2) is 0 Å². The summed E-state index contributed by atoms with van der Waals surface area (Å²) in [5.74, 6) is 1.32. The van der Waals surface area contributed by atoms with Crippen molar-refractivity contribution in [2.24, 2.45) is 5.92 Å². The summed E-state index contributed by atoms with van der Waals surface area (Å²) in [7, 11) is 1.71. The fraction of sp³-hybridized carbons (Fsp3) is 0.625. The van der Waals surface area contributed by atoms with Crippen LogP contribution in [0.3, 0.4) is 0 Å². The summed E-state index contributed by atoms with van der Waals surface area (Å²) in [5, 5.41) is 3.22. The highest BCUT2D eigenvalue weighted by Crippen LogP contribution is 2.19. The van der Waals surface area contributed by atoms with E-state index >= 15 is 0 Å². The van der Waals surface area contributed by atoms with Crippen molar-refractivity contribution in [2.45, 2.75) is 32.7 Å². The van der Waals surface area contributed by atoms with Crippen LogP contribution in [0.2, 0.25) is 0 Å². The van der Waals surface area contributed by atoms with Crippen molar-refractivity contribution in [1.29, 1.82) is 0 Å². The molecule has 116 valence electrons. The zero-order chi connectivity index (χ0) is 15.2. The quantitative estimate of drug-likeness (QED) is 0.905. The number of likely N-dealkylation sites (tertiary alicyclic amines) is 1. The SMILES string of the molecule is COCC1CCCN(C(=O)c2ccc(NC(C)C)nc2)C1. The van der Waals surface area contributed by atoms with E-state index in [0.717, 1.165) is 38.4 Å². The van der Waals surface area contributed by atoms with Gasteiger partial charge in [-0.3, -0.25) is 4.79 Å². The molecule has 1 amide bonds. The number of hydrogen-bond donors (Lipinski definition) is 1. The van der Waals surface area contributed by atoms with Gasteiger partial charge in [-0.1, -0.05) is 0 Å². The number of ether oxygens (including phenoxy) is 1. The van der Waals surface area contributed by atoms with Crippen LogP contribution in [0, 0.1) is 5.92 Å². The molecular weight excluding hydrogens is 266 g/mol. The first kappa shape index (κ1) is 15.8. The van der Waals surface area contributed by atoms with Crippen LogP contribution in [0.1, 0.15) is 37.0 Å². The van der Waals surface area contributed by atoms with E-state index in [-0.39, 0.29) is 5.91 Å². The number of nitrogens with zero attached hydrogens (tertiary/aromatic N) is 2. The van der Waals surface area contributed by atoms with Crippen molar-refractivity contribution in [1.82, 2.24) is 9.88 Å². The summed E-state index contributed by atoms with van der Waals surface area (Å²) in [4.78, 5) is 18.7. The second-order valence-corrected chi connectivity index (χ2v) is 5.95. The first-order chi connectivity index (χ1) is 10.1. The molecule has 5 heteroatoms. The van der Waals surface area contributed by atoms with Gasteiger partial charge in [-0.2, -0.15) is 0 Å². The number of nitrogens with one attached hydrogen (secondary N) is 1. The molecule has 0 saturated carbocycles. The van der Waals surface area contributed by atoms with Crippen molar-refractivity contribution < 1.29 is 9.53 Å². The lowest BCUT2D eigenvalue weighted by Crippen LogP contribution is -2.41. The number of aromatic nitrogens is 1. The summed E-state index contributed by atoms with van der Waals surface area (Å²) in [6.45, 7) is 6.44. The average Bonchev–Trinajstić information content (AvgIpc) is 2.47. The third-order valence-corrected chi connectivity index (χ3v) is 3.66. The molecule has 0 spiro atoms. The highest BCUT2D eigenvalue weighted by molar-refractivity contribution is 5.94. The van der Waals surface area contributed by atoms with Crippen molar-refractivity contribution >= 4 is 11.7 Å². The molecule has 0 bridgehead atoms. The number of carbonyl (C=O) groups is 1. The molecular formula is C16H25N3O2. The molecule has 1 aromatic rings. The van der Waals surface area contributed by atoms with Crippen molar-refractivity contribution in [2.75, 3.05) is 32.1 Å². The van der Waals surface area contributed by atoms with Crippen LogP contribution < -0.4 is 5.32 Å². The van der Waals surface area contributed by atoms with E-state index in [4.69, 9.17) is 4.74 Å². The minimum atomic E-state index is 0.0689. The minimum Gasteiger partial charge on any atom is -0.384 e. The predicted molar refractivity (Wildman–Crippen MR) is 83.5 cm³/mol. The van der Waals surface area contributed by atoms with Gasteiger partial charge in [0.1, 0.15) is 5.82 Å². The van der Waals surface area contributed by atoms with Gasteiger partial charge in [0.25, 0.3) is 5.91 Å². The highest BCUT2D eigenvalue weighted by atomic mass is 16.5. The largest absolute Gasteiger partial charge is 0.384 e. The predicted octanol–water partition coefficient (Wildman–Crippen LogP) is 2.40. The molecule has 0 radical (unpaired) electrons. The van der Waals surface area contributed by atoms with Gasteiger partial charge in [0.2, 0.25) is 0 Å². The fourth-order valence-electron chi connectivity index (χ4n) is 2.71. The van der Waals surface area contributed by atoms with Gasteiger partial charge in [0.05, 0.1) is 12.2 Å². The van der Waals surface area contributed by atoms with Gasteiger partial charge in [-0.25, -0.2) is 4.98 Å². The minimum absolute atomic E-state index is 0.0689. The number of hydrogen-bond acceptors (Lipinski definition) is 4. The Morgan fingerprint density at radius 3 is 2.95 bits per heavy atom. The number of anilines is 1. The number of methoxy groups -OCH3 is 1. The molecule has 1 aromatic heterocycles. The molecule has 1 N–H and O–H groups in total. The Kier molecular flexibility index (Phi) is 5.56. The molecule has 2 heterocycles.